The van der Waals surface area contributed by atoms with E-state index in [0.717, 1.165) is 9.75 Å². The van der Waals surface area contributed by atoms with Gasteiger partial charge in [0.1, 0.15) is 0 Å². The van der Waals surface area contributed by atoms with Gasteiger partial charge in [-0.1, -0.05) is 0 Å². The maximum atomic E-state index is 12.8. The Morgan fingerprint density at radius 3 is 2.42 bits per heavy atom. The highest BCUT2D eigenvalue weighted by molar-refractivity contribution is 7.89. The fraction of sp³-hybridized carbons (Fsp3) is 0.600. The summed E-state index contributed by atoms with van der Waals surface area (Å²) in [7, 11) is -3.51. The Morgan fingerprint density at radius 1 is 1.25 bits per heavy atom. The molecule has 132 valence electrons. The van der Waals surface area contributed by atoms with Crippen molar-refractivity contribution in [2.45, 2.75) is 25.2 Å². The molecule has 9 heteroatoms. The average Bonchev–Trinajstić information content (AvgIpc) is 3.12. The standard InChI is InChI=1S/C15H21N3O4S2/c1-10-7-13(11(2)23-10)24(21,22)18-5-3-17(4-6-18)15(20)12-8-14(19)16-9-12/h7,12H,3-6,8-9H2,1-2H3,(H,16,19). The molecule has 2 fully saturated rings. The van der Waals surface area contributed by atoms with E-state index >= 15 is 0 Å². The molecule has 0 saturated carbocycles. The molecule has 1 atom stereocenters. The molecular weight excluding hydrogens is 350 g/mol. The normalized spacial score (nSPS) is 22.7. The summed E-state index contributed by atoms with van der Waals surface area (Å²) in [5.41, 5.74) is 0. The number of sulfonamides is 1. The van der Waals surface area contributed by atoms with E-state index in [1.165, 1.54) is 15.6 Å². The largest absolute Gasteiger partial charge is 0.355 e. The molecule has 2 amide bonds. The Kier molecular flexibility index (Phi) is 4.67. The molecule has 24 heavy (non-hydrogen) atoms. The van der Waals surface area contributed by atoms with E-state index in [1.807, 2.05) is 13.8 Å². The average molecular weight is 371 g/mol. The molecule has 3 rings (SSSR count). The molecule has 7 nitrogen and oxygen atoms in total. The van der Waals surface area contributed by atoms with Gasteiger partial charge >= 0.3 is 0 Å². The monoisotopic (exact) mass is 371 g/mol. The molecule has 1 unspecified atom stereocenters. The summed E-state index contributed by atoms with van der Waals surface area (Å²) < 4.78 is 27.0. The molecule has 0 aromatic carbocycles. The smallest absolute Gasteiger partial charge is 0.244 e. The van der Waals surface area contributed by atoms with Gasteiger partial charge in [-0.2, -0.15) is 4.31 Å². The number of aryl methyl sites for hydroxylation is 2. The second kappa shape index (κ2) is 6.45. The van der Waals surface area contributed by atoms with Gasteiger partial charge in [-0.15, -0.1) is 11.3 Å². The van der Waals surface area contributed by atoms with Gasteiger partial charge in [0.15, 0.2) is 0 Å². The highest BCUT2D eigenvalue weighted by Gasteiger charge is 2.35. The number of nitrogens with one attached hydrogen (secondary N) is 1. The number of thiophene rings is 1. The number of hydrogen-bond acceptors (Lipinski definition) is 5. The SMILES string of the molecule is Cc1cc(S(=O)(=O)N2CCN(C(=O)C3CNC(=O)C3)CC2)c(C)s1. The number of carbonyl (C=O) groups excluding carboxylic acids is 2. The second-order valence-corrected chi connectivity index (χ2v) is 9.58. The van der Waals surface area contributed by atoms with Crippen molar-refractivity contribution >= 4 is 33.2 Å². The van der Waals surface area contributed by atoms with E-state index in [2.05, 4.69) is 5.32 Å². The van der Waals surface area contributed by atoms with Gasteiger partial charge in [0.05, 0.1) is 10.8 Å². The van der Waals surface area contributed by atoms with Crippen molar-refractivity contribution in [3.63, 3.8) is 0 Å². The van der Waals surface area contributed by atoms with Crippen LogP contribution in [-0.4, -0.2) is 62.2 Å². The number of hydrogen-bond donors (Lipinski definition) is 1. The molecule has 3 heterocycles. The highest BCUT2D eigenvalue weighted by atomic mass is 32.2. The maximum Gasteiger partial charge on any atom is 0.244 e. The fourth-order valence-electron chi connectivity index (χ4n) is 3.19. The van der Waals surface area contributed by atoms with E-state index < -0.39 is 10.0 Å². The van der Waals surface area contributed by atoms with Crippen LogP contribution in [0, 0.1) is 19.8 Å². The van der Waals surface area contributed by atoms with Gasteiger partial charge in [-0.25, -0.2) is 8.42 Å². The van der Waals surface area contributed by atoms with Gasteiger partial charge in [-0.05, 0) is 19.9 Å². The number of nitrogens with zero attached hydrogens (tertiary/aromatic N) is 2. The Bertz CT molecular complexity index is 764. The molecule has 0 bridgehead atoms. The van der Waals surface area contributed by atoms with Gasteiger partial charge < -0.3 is 10.2 Å². The minimum atomic E-state index is -3.51. The van der Waals surface area contributed by atoms with E-state index in [1.54, 1.807) is 11.0 Å². The first kappa shape index (κ1) is 17.4. The van der Waals surface area contributed by atoms with Crippen LogP contribution in [0.4, 0.5) is 0 Å². The zero-order chi connectivity index (χ0) is 17.5. The summed E-state index contributed by atoms with van der Waals surface area (Å²) >= 11 is 1.47. The molecule has 0 radical (unpaired) electrons. The predicted octanol–water partition coefficient (Wildman–Crippen LogP) is 0.334. The first-order chi connectivity index (χ1) is 11.3. The lowest BCUT2D eigenvalue weighted by molar-refractivity contribution is -0.136. The summed E-state index contributed by atoms with van der Waals surface area (Å²) in [6.07, 6.45) is 0.227. The lowest BCUT2D eigenvalue weighted by atomic mass is 10.1. The van der Waals surface area contributed by atoms with E-state index in [9.17, 15) is 18.0 Å². The fourth-order valence-corrected chi connectivity index (χ4v) is 6.14. The van der Waals surface area contributed by atoms with E-state index in [4.69, 9.17) is 0 Å². The summed E-state index contributed by atoms with van der Waals surface area (Å²) in [5, 5.41) is 2.66. The zero-order valence-corrected chi connectivity index (χ0v) is 15.4. The molecule has 0 aliphatic carbocycles. The minimum absolute atomic E-state index is 0.0621. The third-order valence-corrected chi connectivity index (χ3v) is 7.61. The van der Waals surface area contributed by atoms with Gasteiger partial charge in [-0.3, -0.25) is 9.59 Å². The lowest BCUT2D eigenvalue weighted by Crippen LogP contribution is -2.52. The maximum absolute atomic E-state index is 12.8. The van der Waals surface area contributed by atoms with Crippen LogP contribution >= 0.6 is 11.3 Å². The van der Waals surface area contributed by atoms with Crippen LogP contribution in [-0.2, 0) is 19.6 Å². The van der Waals surface area contributed by atoms with Crippen molar-refractivity contribution in [3.05, 3.63) is 15.8 Å². The molecule has 1 N–H and O–H groups in total. The Balaban J connectivity index is 1.65. The number of amides is 2. The quantitative estimate of drug-likeness (QED) is 0.830. The van der Waals surface area contributed by atoms with Crippen LogP contribution in [0.25, 0.3) is 0 Å². The van der Waals surface area contributed by atoms with Crippen molar-refractivity contribution in [3.8, 4) is 0 Å². The van der Waals surface area contributed by atoms with Crippen molar-refractivity contribution in [1.82, 2.24) is 14.5 Å². The van der Waals surface area contributed by atoms with Crippen molar-refractivity contribution in [1.29, 1.82) is 0 Å². The van der Waals surface area contributed by atoms with E-state index in [-0.39, 0.29) is 37.2 Å². The summed E-state index contributed by atoms with van der Waals surface area (Å²) in [6, 6.07) is 1.71. The van der Waals surface area contributed by atoms with Crippen LogP contribution in [0.2, 0.25) is 0 Å². The molecule has 2 saturated heterocycles. The van der Waals surface area contributed by atoms with Crippen LogP contribution in [0.15, 0.2) is 11.0 Å². The van der Waals surface area contributed by atoms with Crippen LogP contribution < -0.4 is 5.32 Å². The molecule has 1 aromatic heterocycles. The lowest BCUT2D eigenvalue weighted by Gasteiger charge is -2.35. The predicted molar refractivity (Wildman–Crippen MR) is 90.2 cm³/mol. The Morgan fingerprint density at radius 2 is 1.92 bits per heavy atom. The van der Waals surface area contributed by atoms with Crippen molar-refractivity contribution < 1.29 is 18.0 Å². The van der Waals surface area contributed by atoms with Gasteiger partial charge in [0.25, 0.3) is 0 Å². The van der Waals surface area contributed by atoms with Crippen molar-refractivity contribution in [2.75, 3.05) is 32.7 Å². The third kappa shape index (κ3) is 3.20. The van der Waals surface area contributed by atoms with Crippen LogP contribution in [0.3, 0.4) is 0 Å². The van der Waals surface area contributed by atoms with Gasteiger partial charge in [0.2, 0.25) is 21.8 Å². The minimum Gasteiger partial charge on any atom is -0.355 e. The van der Waals surface area contributed by atoms with Crippen molar-refractivity contribution in [2.24, 2.45) is 5.92 Å². The molecule has 2 aliphatic rings. The summed E-state index contributed by atoms with van der Waals surface area (Å²) in [5.74, 6) is -0.478. The molecule has 1 aromatic rings. The number of rotatable bonds is 3. The highest BCUT2D eigenvalue weighted by Crippen LogP contribution is 2.28. The van der Waals surface area contributed by atoms with Crippen LogP contribution in [0.5, 0.6) is 0 Å². The number of carbonyl (C=O) groups is 2. The summed E-state index contributed by atoms with van der Waals surface area (Å²) in [6.45, 7) is 5.39. The van der Waals surface area contributed by atoms with E-state index in [0.29, 0.717) is 24.5 Å². The molecular formula is C15H21N3O4S2. The number of piperazine rings is 1. The Labute approximate surface area is 145 Å². The first-order valence-corrected chi connectivity index (χ1v) is 10.2. The first-order valence-electron chi connectivity index (χ1n) is 7.91. The van der Waals surface area contributed by atoms with Crippen LogP contribution in [0.1, 0.15) is 16.2 Å². The van der Waals surface area contributed by atoms with Gasteiger partial charge in [0, 0.05) is 48.9 Å². The topological polar surface area (TPSA) is 86.8 Å². The Hall–Kier alpha value is -1.45. The third-order valence-electron chi connectivity index (χ3n) is 4.49. The zero-order valence-electron chi connectivity index (χ0n) is 13.7. The summed E-state index contributed by atoms with van der Waals surface area (Å²) in [4.78, 5) is 27.4. The molecule has 0 spiro atoms. The second-order valence-electron chi connectivity index (χ2n) is 6.21. The molecule has 2 aliphatic heterocycles.